The average Bonchev–Trinajstić information content (AvgIpc) is 2.61. The fourth-order valence-corrected chi connectivity index (χ4v) is 3.59. The molecule has 1 amide bonds. The Hall–Kier alpha value is -2.07. The maximum Gasteiger partial charge on any atom is 0.254 e. The van der Waals surface area contributed by atoms with E-state index >= 15 is 0 Å². The van der Waals surface area contributed by atoms with Crippen LogP contribution in [0.2, 0.25) is 5.02 Å². The van der Waals surface area contributed by atoms with Crippen molar-refractivity contribution in [3.63, 3.8) is 0 Å². The Labute approximate surface area is 159 Å². The molecule has 2 unspecified atom stereocenters. The Bertz CT molecular complexity index is 778. The molecule has 1 aliphatic rings. The summed E-state index contributed by atoms with van der Waals surface area (Å²) in [6.45, 7) is 6.35. The van der Waals surface area contributed by atoms with Crippen molar-refractivity contribution in [2.75, 3.05) is 18.0 Å². The van der Waals surface area contributed by atoms with E-state index in [1.807, 2.05) is 19.1 Å². The molecule has 0 bridgehead atoms. The second-order valence-corrected chi connectivity index (χ2v) is 7.54. The third-order valence-corrected chi connectivity index (χ3v) is 5.17. The largest absolute Gasteiger partial charge is 0.371 e. The molecule has 1 heterocycles. The van der Waals surface area contributed by atoms with Crippen molar-refractivity contribution in [3.05, 3.63) is 64.4 Å². The highest BCUT2D eigenvalue weighted by Crippen LogP contribution is 2.25. The van der Waals surface area contributed by atoms with Gasteiger partial charge in [0.25, 0.3) is 5.91 Å². The number of nitrogens with zero attached hydrogens (tertiary/aromatic N) is 1. The molecule has 0 saturated carbocycles. The van der Waals surface area contributed by atoms with Crippen LogP contribution in [0.3, 0.4) is 0 Å². The van der Waals surface area contributed by atoms with Crippen molar-refractivity contribution >= 4 is 23.2 Å². The average molecular weight is 375 g/mol. The fraction of sp³-hybridized carbons (Fsp3) is 0.381. The first kappa shape index (κ1) is 18.7. The van der Waals surface area contributed by atoms with Crippen LogP contribution in [-0.2, 0) is 0 Å². The molecule has 26 heavy (non-hydrogen) atoms. The number of benzene rings is 2. The number of rotatable bonds is 4. The molecular formula is C21H24ClFN2O. The Balaban J connectivity index is 1.66. The van der Waals surface area contributed by atoms with Crippen molar-refractivity contribution < 1.29 is 9.18 Å². The van der Waals surface area contributed by atoms with Crippen LogP contribution in [0, 0.1) is 11.7 Å². The van der Waals surface area contributed by atoms with Crippen LogP contribution < -0.4 is 10.2 Å². The zero-order valence-corrected chi connectivity index (χ0v) is 15.9. The van der Waals surface area contributed by atoms with Gasteiger partial charge in [-0.25, -0.2) is 4.39 Å². The summed E-state index contributed by atoms with van der Waals surface area (Å²) in [6.07, 6.45) is 2.51. The van der Waals surface area contributed by atoms with Gasteiger partial charge in [0.05, 0.1) is 11.6 Å². The lowest BCUT2D eigenvalue weighted by Crippen LogP contribution is -2.34. The van der Waals surface area contributed by atoms with Gasteiger partial charge in [-0.1, -0.05) is 30.7 Å². The zero-order chi connectivity index (χ0) is 18.7. The highest BCUT2D eigenvalue weighted by Gasteiger charge is 2.18. The quantitative estimate of drug-likeness (QED) is 0.797. The van der Waals surface area contributed by atoms with Gasteiger partial charge in [-0.3, -0.25) is 4.79 Å². The van der Waals surface area contributed by atoms with E-state index in [0.717, 1.165) is 30.6 Å². The lowest BCUT2D eigenvalue weighted by atomic mass is 9.99. The Morgan fingerprint density at radius 1 is 1.27 bits per heavy atom. The standard InChI is InChI=1S/C21H24ClFN2O/c1-14-4-3-11-25(13-14)18-8-5-16(6-9-18)15(2)24-21(26)19-10-7-17(22)12-20(19)23/h5-10,12,14-15H,3-4,11,13H2,1-2H3,(H,24,26). The monoisotopic (exact) mass is 374 g/mol. The number of carbonyl (C=O) groups is 1. The number of hydrogen-bond acceptors (Lipinski definition) is 2. The van der Waals surface area contributed by atoms with Crippen LogP contribution in [0.4, 0.5) is 10.1 Å². The van der Waals surface area contributed by atoms with Crippen molar-refractivity contribution in [2.24, 2.45) is 5.92 Å². The Kier molecular flexibility index (Phi) is 5.82. The molecule has 1 N–H and O–H groups in total. The van der Waals surface area contributed by atoms with Crippen LogP contribution in [0.15, 0.2) is 42.5 Å². The molecular weight excluding hydrogens is 351 g/mol. The SMILES string of the molecule is CC1CCCN(c2ccc(C(C)NC(=O)c3ccc(Cl)cc3F)cc2)C1. The van der Waals surface area contributed by atoms with Crippen LogP contribution in [-0.4, -0.2) is 19.0 Å². The van der Waals surface area contributed by atoms with E-state index in [2.05, 4.69) is 29.3 Å². The van der Waals surface area contributed by atoms with Crippen molar-refractivity contribution in [1.29, 1.82) is 0 Å². The second kappa shape index (κ2) is 8.09. The summed E-state index contributed by atoms with van der Waals surface area (Å²) in [7, 11) is 0. The lowest BCUT2D eigenvalue weighted by Gasteiger charge is -2.33. The van der Waals surface area contributed by atoms with E-state index in [0.29, 0.717) is 0 Å². The van der Waals surface area contributed by atoms with Crippen molar-refractivity contribution in [1.82, 2.24) is 5.32 Å². The van der Waals surface area contributed by atoms with Crippen molar-refractivity contribution in [3.8, 4) is 0 Å². The minimum Gasteiger partial charge on any atom is -0.371 e. The maximum absolute atomic E-state index is 13.9. The third-order valence-electron chi connectivity index (χ3n) is 4.94. The Morgan fingerprint density at radius 3 is 2.65 bits per heavy atom. The first-order valence-electron chi connectivity index (χ1n) is 9.05. The van der Waals surface area contributed by atoms with E-state index in [4.69, 9.17) is 11.6 Å². The maximum atomic E-state index is 13.9. The molecule has 0 radical (unpaired) electrons. The normalized spacial score (nSPS) is 18.5. The van der Waals surface area contributed by atoms with E-state index in [1.165, 1.54) is 30.7 Å². The molecule has 2 atom stereocenters. The number of halogens is 2. The minimum atomic E-state index is -0.614. The molecule has 0 spiro atoms. The molecule has 0 aliphatic carbocycles. The summed E-state index contributed by atoms with van der Waals surface area (Å²) in [5.41, 5.74) is 2.20. The summed E-state index contributed by atoms with van der Waals surface area (Å²) >= 11 is 5.74. The topological polar surface area (TPSA) is 32.3 Å². The van der Waals surface area contributed by atoms with E-state index in [-0.39, 0.29) is 16.6 Å². The molecule has 2 aromatic carbocycles. The molecule has 138 valence electrons. The van der Waals surface area contributed by atoms with Gasteiger partial charge < -0.3 is 10.2 Å². The molecule has 0 aromatic heterocycles. The minimum absolute atomic E-state index is 0.000162. The number of piperidine rings is 1. The van der Waals surface area contributed by atoms with Gasteiger partial charge in [0.2, 0.25) is 0 Å². The summed E-state index contributed by atoms with van der Waals surface area (Å²) in [4.78, 5) is 14.7. The van der Waals surface area contributed by atoms with E-state index in [9.17, 15) is 9.18 Å². The van der Waals surface area contributed by atoms with Gasteiger partial charge >= 0.3 is 0 Å². The number of nitrogens with one attached hydrogen (secondary N) is 1. The lowest BCUT2D eigenvalue weighted by molar-refractivity contribution is 0.0936. The summed E-state index contributed by atoms with van der Waals surface area (Å²) in [5, 5.41) is 3.12. The van der Waals surface area contributed by atoms with Gasteiger partial charge in [-0.15, -0.1) is 0 Å². The number of carbonyl (C=O) groups excluding carboxylic acids is 1. The predicted molar refractivity (Wildman–Crippen MR) is 104 cm³/mol. The zero-order valence-electron chi connectivity index (χ0n) is 15.1. The number of anilines is 1. The van der Waals surface area contributed by atoms with Crippen LogP contribution in [0.1, 0.15) is 48.7 Å². The predicted octanol–water partition coefficient (Wildman–Crippen LogP) is 5.21. The third kappa shape index (κ3) is 4.36. The molecule has 1 saturated heterocycles. The van der Waals surface area contributed by atoms with E-state index in [1.54, 1.807) is 0 Å². The smallest absolute Gasteiger partial charge is 0.254 e. The van der Waals surface area contributed by atoms with Gasteiger partial charge in [0.15, 0.2) is 0 Å². The van der Waals surface area contributed by atoms with Crippen LogP contribution >= 0.6 is 11.6 Å². The Morgan fingerprint density at radius 2 is 2.00 bits per heavy atom. The second-order valence-electron chi connectivity index (χ2n) is 7.10. The highest BCUT2D eigenvalue weighted by atomic mass is 35.5. The highest BCUT2D eigenvalue weighted by molar-refractivity contribution is 6.30. The molecule has 1 fully saturated rings. The van der Waals surface area contributed by atoms with Crippen LogP contribution in [0.25, 0.3) is 0 Å². The number of amides is 1. The number of hydrogen-bond donors (Lipinski definition) is 1. The first-order valence-corrected chi connectivity index (χ1v) is 9.42. The molecule has 2 aromatic rings. The summed E-state index contributed by atoms with van der Waals surface area (Å²) < 4.78 is 13.9. The first-order chi connectivity index (χ1) is 12.4. The molecule has 3 rings (SSSR count). The summed E-state index contributed by atoms with van der Waals surface area (Å²) in [5.74, 6) is -0.340. The summed E-state index contributed by atoms with van der Waals surface area (Å²) in [6, 6.07) is 12.1. The van der Waals surface area contributed by atoms with Gasteiger partial charge in [-0.2, -0.15) is 0 Å². The van der Waals surface area contributed by atoms with Gasteiger partial charge in [0.1, 0.15) is 5.82 Å². The molecule has 5 heteroatoms. The van der Waals surface area contributed by atoms with E-state index < -0.39 is 11.7 Å². The fourth-order valence-electron chi connectivity index (χ4n) is 3.43. The molecule has 1 aliphatic heterocycles. The molecule has 3 nitrogen and oxygen atoms in total. The van der Waals surface area contributed by atoms with Crippen molar-refractivity contribution in [2.45, 2.75) is 32.7 Å². The van der Waals surface area contributed by atoms with Gasteiger partial charge in [-0.05, 0) is 61.6 Å². The van der Waals surface area contributed by atoms with Gasteiger partial charge in [0, 0.05) is 23.8 Å². The van der Waals surface area contributed by atoms with Crippen LogP contribution in [0.5, 0.6) is 0 Å².